The average Bonchev–Trinajstić information content (AvgIpc) is 2.99. The number of fused-ring (bicyclic) bond motifs is 1. The SMILES string of the molecule is O=S(=O)(Nc1nc2c(s1)CCC2)c1cc(CO)ccc1Br. The molecule has 1 aromatic heterocycles. The Morgan fingerprint density at radius 3 is 2.90 bits per heavy atom. The number of nitrogens with one attached hydrogen (secondary N) is 1. The number of aryl methyl sites for hydroxylation is 2. The Morgan fingerprint density at radius 2 is 2.19 bits per heavy atom. The van der Waals surface area contributed by atoms with Crippen LogP contribution >= 0.6 is 27.3 Å². The molecule has 5 nitrogen and oxygen atoms in total. The van der Waals surface area contributed by atoms with Gasteiger partial charge in [0.25, 0.3) is 10.0 Å². The van der Waals surface area contributed by atoms with Gasteiger partial charge in [0.1, 0.15) is 4.90 Å². The first kappa shape index (κ1) is 15.0. The van der Waals surface area contributed by atoms with Crippen LogP contribution in [-0.2, 0) is 29.5 Å². The molecule has 0 saturated carbocycles. The van der Waals surface area contributed by atoms with E-state index < -0.39 is 10.0 Å². The lowest BCUT2D eigenvalue weighted by molar-refractivity contribution is 0.281. The van der Waals surface area contributed by atoms with Gasteiger partial charge in [-0.25, -0.2) is 13.4 Å². The van der Waals surface area contributed by atoms with E-state index in [-0.39, 0.29) is 11.5 Å². The Hall–Kier alpha value is -0.960. The van der Waals surface area contributed by atoms with Crippen molar-refractivity contribution in [3.8, 4) is 0 Å². The normalized spacial score (nSPS) is 14.2. The molecule has 3 rings (SSSR count). The summed E-state index contributed by atoms with van der Waals surface area (Å²) in [5.41, 5.74) is 1.54. The second-order valence-electron chi connectivity index (χ2n) is 4.77. The molecule has 0 saturated heterocycles. The maximum Gasteiger partial charge on any atom is 0.264 e. The van der Waals surface area contributed by atoms with Crippen molar-refractivity contribution in [1.82, 2.24) is 4.98 Å². The summed E-state index contributed by atoms with van der Waals surface area (Å²) in [6.07, 6.45) is 2.97. The monoisotopic (exact) mass is 388 g/mol. The fraction of sp³-hybridized carbons (Fsp3) is 0.308. The van der Waals surface area contributed by atoms with Gasteiger partial charge < -0.3 is 5.11 Å². The topological polar surface area (TPSA) is 79.3 Å². The third-order valence-electron chi connectivity index (χ3n) is 3.29. The summed E-state index contributed by atoms with van der Waals surface area (Å²) < 4.78 is 27.9. The summed E-state index contributed by atoms with van der Waals surface area (Å²) in [7, 11) is -3.72. The lowest BCUT2D eigenvalue weighted by Crippen LogP contribution is -2.14. The van der Waals surface area contributed by atoms with Crippen LogP contribution in [0.15, 0.2) is 27.6 Å². The van der Waals surface area contributed by atoms with Crippen LogP contribution in [-0.4, -0.2) is 18.5 Å². The van der Waals surface area contributed by atoms with Crippen LogP contribution in [0.4, 0.5) is 5.13 Å². The van der Waals surface area contributed by atoms with E-state index in [0.717, 1.165) is 29.8 Å². The second kappa shape index (κ2) is 5.68. The Kier molecular flexibility index (Phi) is 4.04. The van der Waals surface area contributed by atoms with Gasteiger partial charge in [-0.05, 0) is 52.9 Å². The number of sulfonamides is 1. The van der Waals surface area contributed by atoms with E-state index >= 15 is 0 Å². The quantitative estimate of drug-likeness (QED) is 0.843. The lowest BCUT2D eigenvalue weighted by Gasteiger charge is -2.08. The highest BCUT2D eigenvalue weighted by molar-refractivity contribution is 9.10. The second-order valence-corrected chi connectivity index (χ2v) is 8.36. The molecule has 0 atom stereocenters. The smallest absolute Gasteiger partial charge is 0.264 e. The van der Waals surface area contributed by atoms with Gasteiger partial charge >= 0.3 is 0 Å². The lowest BCUT2D eigenvalue weighted by atomic mass is 10.2. The fourth-order valence-corrected chi connectivity index (χ4v) is 5.56. The van der Waals surface area contributed by atoms with E-state index in [1.54, 1.807) is 12.1 Å². The highest BCUT2D eigenvalue weighted by atomic mass is 79.9. The first-order chi connectivity index (χ1) is 9.99. The summed E-state index contributed by atoms with van der Waals surface area (Å²) in [6, 6.07) is 4.73. The van der Waals surface area contributed by atoms with Crippen molar-refractivity contribution in [2.45, 2.75) is 30.8 Å². The minimum Gasteiger partial charge on any atom is -0.392 e. The van der Waals surface area contributed by atoms with Gasteiger partial charge in [-0.2, -0.15) is 0 Å². The van der Waals surface area contributed by atoms with E-state index in [4.69, 9.17) is 5.11 Å². The molecular formula is C13H13BrN2O3S2. The summed E-state index contributed by atoms with van der Waals surface area (Å²) in [5.74, 6) is 0. The molecule has 0 bridgehead atoms. The molecule has 8 heteroatoms. The largest absolute Gasteiger partial charge is 0.392 e. The van der Waals surface area contributed by atoms with Gasteiger partial charge in [0.2, 0.25) is 0 Å². The van der Waals surface area contributed by atoms with Gasteiger partial charge in [0.15, 0.2) is 5.13 Å². The number of thiazole rings is 1. The average molecular weight is 389 g/mol. The minimum absolute atomic E-state index is 0.101. The van der Waals surface area contributed by atoms with Crippen LogP contribution in [0.25, 0.3) is 0 Å². The zero-order valence-corrected chi connectivity index (χ0v) is 14.2. The summed E-state index contributed by atoms with van der Waals surface area (Å²) in [4.78, 5) is 5.60. The molecule has 1 aliphatic carbocycles. The molecule has 112 valence electrons. The van der Waals surface area contributed by atoms with Crippen molar-refractivity contribution in [3.63, 3.8) is 0 Å². The minimum atomic E-state index is -3.72. The number of rotatable bonds is 4. The first-order valence-corrected chi connectivity index (χ1v) is 9.49. The molecule has 1 heterocycles. The Morgan fingerprint density at radius 1 is 1.38 bits per heavy atom. The number of nitrogens with zero attached hydrogens (tertiary/aromatic N) is 1. The van der Waals surface area contributed by atoms with Crippen molar-refractivity contribution >= 4 is 42.4 Å². The Labute approximate surface area is 135 Å². The molecule has 0 radical (unpaired) electrons. The standard InChI is InChI=1S/C13H13BrN2O3S2/c14-9-5-4-8(7-17)6-12(9)21(18,19)16-13-15-10-2-1-3-11(10)20-13/h4-6,17H,1-3,7H2,(H,15,16). The maximum atomic E-state index is 12.5. The zero-order chi connectivity index (χ0) is 15.0. The Balaban J connectivity index is 1.92. The molecule has 0 amide bonds. The number of aliphatic hydroxyl groups excluding tert-OH is 1. The number of anilines is 1. The molecular weight excluding hydrogens is 376 g/mol. The van der Waals surface area contributed by atoms with Gasteiger partial charge in [0.05, 0.1) is 12.3 Å². The van der Waals surface area contributed by atoms with E-state index in [1.165, 1.54) is 17.4 Å². The molecule has 1 aliphatic rings. The van der Waals surface area contributed by atoms with Gasteiger partial charge in [-0.3, -0.25) is 4.72 Å². The predicted octanol–water partition coefficient (Wildman–Crippen LogP) is 2.69. The van der Waals surface area contributed by atoms with Crippen LogP contribution in [0.2, 0.25) is 0 Å². The zero-order valence-electron chi connectivity index (χ0n) is 11.0. The third-order valence-corrected chi connectivity index (χ3v) is 6.82. The molecule has 0 fully saturated rings. The van der Waals surface area contributed by atoms with Crippen LogP contribution in [0.1, 0.15) is 22.6 Å². The van der Waals surface area contributed by atoms with E-state index in [0.29, 0.717) is 15.2 Å². The van der Waals surface area contributed by atoms with E-state index in [9.17, 15) is 8.42 Å². The van der Waals surface area contributed by atoms with Crippen molar-refractivity contribution in [3.05, 3.63) is 38.8 Å². The van der Waals surface area contributed by atoms with Crippen molar-refractivity contribution < 1.29 is 13.5 Å². The van der Waals surface area contributed by atoms with E-state index in [1.807, 2.05) is 0 Å². The third kappa shape index (κ3) is 2.98. The van der Waals surface area contributed by atoms with Gasteiger partial charge in [0, 0.05) is 9.35 Å². The molecule has 21 heavy (non-hydrogen) atoms. The highest BCUT2D eigenvalue weighted by Gasteiger charge is 2.23. The molecule has 0 unspecified atom stereocenters. The Bertz CT molecular complexity index is 765. The van der Waals surface area contributed by atoms with Gasteiger partial charge in [-0.15, -0.1) is 11.3 Å². The predicted molar refractivity (Wildman–Crippen MR) is 85.0 cm³/mol. The molecule has 2 N–H and O–H groups in total. The van der Waals surface area contributed by atoms with Crippen LogP contribution in [0.5, 0.6) is 0 Å². The summed E-state index contributed by atoms with van der Waals surface area (Å²) in [5, 5.41) is 9.55. The van der Waals surface area contributed by atoms with Crippen molar-refractivity contribution in [2.75, 3.05) is 4.72 Å². The van der Waals surface area contributed by atoms with Crippen LogP contribution < -0.4 is 4.72 Å². The molecule has 0 spiro atoms. The number of benzene rings is 1. The van der Waals surface area contributed by atoms with Crippen LogP contribution in [0, 0.1) is 0 Å². The molecule has 0 aliphatic heterocycles. The highest BCUT2D eigenvalue weighted by Crippen LogP contribution is 2.32. The molecule has 2 aromatic rings. The number of hydrogen-bond acceptors (Lipinski definition) is 5. The fourth-order valence-electron chi connectivity index (χ4n) is 2.26. The number of hydrogen-bond donors (Lipinski definition) is 2. The summed E-state index contributed by atoms with van der Waals surface area (Å²) >= 11 is 4.63. The van der Waals surface area contributed by atoms with Crippen LogP contribution in [0.3, 0.4) is 0 Å². The van der Waals surface area contributed by atoms with Crippen molar-refractivity contribution in [1.29, 1.82) is 0 Å². The van der Waals surface area contributed by atoms with Gasteiger partial charge in [-0.1, -0.05) is 6.07 Å². The van der Waals surface area contributed by atoms with E-state index in [2.05, 4.69) is 25.6 Å². The number of halogens is 1. The van der Waals surface area contributed by atoms with Crippen molar-refractivity contribution in [2.24, 2.45) is 0 Å². The first-order valence-electron chi connectivity index (χ1n) is 6.40. The maximum absolute atomic E-state index is 12.5. The molecule has 1 aromatic carbocycles. The number of aromatic nitrogens is 1. The number of aliphatic hydroxyl groups is 1. The summed E-state index contributed by atoms with van der Waals surface area (Å²) in [6.45, 7) is -0.207.